The molecular formula is C14H16ClN3O. The number of rotatable bonds is 4. The smallest absolute Gasteiger partial charge is 0.243 e. The molecule has 1 heterocycles. The van der Waals surface area contributed by atoms with Crippen LogP contribution in [0.25, 0.3) is 0 Å². The van der Waals surface area contributed by atoms with Crippen LogP contribution >= 0.6 is 11.6 Å². The molecule has 0 aliphatic rings. The van der Waals surface area contributed by atoms with Gasteiger partial charge in [-0.1, -0.05) is 29.8 Å². The molecule has 100 valence electrons. The van der Waals surface area contributed by atoms with Crippen LogP contribution in [0, 0.1) is 0 Å². The monoisotopic (exact) mass is 277 g/mol. The minimum absolute atomic E-state index is 0.0644. The first-order valence-electron chi connectivity index (χ1n) is 6.12. The van der Waals surface area contributed by atoms with Crippen molar-refractivity contribution >= 4 is 17.5 Å². The van der Waals surface area contributed by atoms with Crippen LogP contribution in [-0.4, -0.2) is 15.5 Å². The van der Waals surface area contributed by atoms with Crippen LogP contribution in [0.15, 0.2) is 43.0 Å². The highest BCUT2D eigenvalue weighted by atomic mass is 35.5. The molecule has 0 aliphatic carbocycles. The Balaban J connectivity index is 2.05. The number of amides is 1. The third-order valence-electron chi connectivity index (χ3n) is 3.08. The van der Waals surface area contributed by atoms with Crippen LogP contribution in [0.5, 0.6) is 0 Å². The quantitative estimate of drug-likeness (QED) is 0.934. The van der Waals surface area contributed by atoms with Crippen molar-refractivity contribution in [2.75, 3.05) is 0 Å². The number of hydrogen-bond donors (Lipinski definition) is 1. The van der Waals surface area contributed by atoms with E-state index in [0.717, 1.165) is 5.56 Å². The van der Waals surface area contributed by atoms with Gasteiger partial charge in [-0.25, -0.2) is 4.98 Å². The molecule has 0 radical (unpaired) electrons. The maximum absolute atomic E-state index is 12.1. The molecular weight excluding hydrogens is 262 g/mol. The molecule has 2 aromatic rings. The molecule has 0 aliphatic heterocycles. The SMILES string of the molecule is CC(NC(=O)C(C)n1ccnc1)c1ccccc1Cl. The maximum atomic E-state index is 12.1. The Labute approximate surface area is 117 Å². The van der Waals surface area contributed by atoms with Crippen molar-refractivity contribution < 1.29 is 4.79 Å². The Hall–Kier alpha value is -1.81. The van der Waals surface area contributed by atoms with Gasteiger partial charge in [-0.15, -0.1) is 0 Å². The Kier molecular flexibility index (Phi) is 4.22. The number of benzene rings is 1. The molecule has 1 aromatic heterocycles. The number of imidazole rings is 1. The van der Waals surface area contributed by atoms with Gasteiger partial charge in [0, 0.05) is 17.4 Å². The molecule has 2 atom stereocenters. The summed E-state index contributed by atoms with van der Waals surface area (Å²) in [5.41, 5.74) is 0.912. The normalized spacial score (nSPS) is 13.8. The number of hydrogen-bond acceptors (Lipinski definition) is 2. The summed E-state index contributed by atoms with van der Waals surface area (Å²) >= 11 is 6.12. The largest absolute Gasteiger partial charge is 0.348 e. The second-order valence-corrected chi connectivity index (χ2v) is 4.84. The van der Waals surface area contributed by atoms with Gasteiger partial charge in [-0.2, -0.15) is 0 Å². The van der Waals surface area contributed by atoms with Crippen molar-refractivity contribution in [3.05, 3.63) is 53.6 Å². The van der Waals surface area contributed by atoms with E-state index in [1.165, 1.54) is 0 Å². The highest BCUT2D eigenvalue weighted by molar-refractivity contribution is 6.31. The maximum Gasteiger partial charge on any atom is 0.243 e. The van der Waals surface area contributed by atoms with Crippen molar-refractivity contribution in [2.45, 2.75) is 25.9 Å². The van der Waals surface area contributed by atoms with Crippen LogP contribution in [0.4, 0.5) is 0 Å². The van der Waals surface area contributed by atoms with E-state index in [0.29, 0.717) is 5.02 Å². The summed E-state index contributed by atoms with van der Waals surface area (Å²) in [6.45, 7) is 3.75. The molecule has 4 nitrogen and oxygen atoms in total. The first-order valence-corrected chi connectivity index (χ1v) is 6.49. The summed E-state index contributed by atoms with van der Waals surface area (Å²) in [7, 11) is 0. The van der Waals surface area contributed by atoms with Crippen molar-refractivity contribution in [3.8, 4) is 0 Å². The molecule has 1 N–H and O–H groups in total. The van der Waals surface area contributed by atoms with E-state index in [2.05, 4.69) is 10.3 Å². The summed E-state index contributed by atoms with van der Waals surface area (Å²) in [5, 5.41) is 3.61. The summed E-state index contributed by atoms with van der Waals surface area (Å²) in [6.07, 6.45) is 5.05. The molecule has 2 unspecified atom stereocenters. The Morgan fingerprint density at radius 1 is 1.37 bits per heavy atom. The lowest BCUT2D eigenvalue weighted by atomic mass is 10.1. The van der Waals surface area contributed by atoms with Crippen LogP contribution in [0.2, 0.25) is 5.02 Å². The fourth-order valence-corrected chi connectivity index (χ4v) is 2.17. The number of carbonyl (C=O) groups excluding carboxylic acids is 1. The van der Waals surface area contributed by atoms with E-state index >= 15 is 0 Å². The molecule has 0 saturated heterocycles. The Morgan fingerprint density at radius 3 is 2.74 bits per heavy atom. The van der Waals surface area contributed by atoms with Crippen molar-refractivity contribution in [1.29, 1.82) is 0 Å². The lowest BCUT2D eigenvalue weighted by Gasteiger charge is -2.19. The van der Waals surface area contributed by atoms with Crippen LogP contribution in [0.3, 0.4) is 0 Å². The molecule has 2 rings (SSSR count). The second-order valence-electron chi connectivity index (χ2n) is 4.44. The number of halogens is 1. The van der Waals surface area contributed by atoms with Crippen LogP contribution in [0.1, 0.15) is 31.5 Å². The predicted molar refractivity (Wildman–Crippen MR) is 74.9 cm³/mol. The summed E-state index contributed by atoms with van der Waals surface area (Å²) in [6, 6.07) is 7.07. The van der Waals surface area contributed by atoms with Gasteiger partial charge in [-0.05, 0) is 25.5 Å². The van der Waals surface area contributed by atoms with Crippen LogP contribution < -0.4 is 5.32 Å². The lowest BCUT2D eigenvalue weighted by Crippen LogP contribution is -2.32. The number of aromatic nitrogens is 2. The number of nitrogens with zero attached hydrogens (tertiary/aromatic N) is 2. The molecule has 0 spiro atoms. The minimum Gasteiger partial charge on any atom is -0.348 e. The standard InChI is InChI=1S/C14H16ClN3O/c1-10(12-5-3-4-6-13(12)15)17-14(19)11(2)18-8-7-16-9-18/h3-11H,1-2H3,(H,17,19). The first-order chi connectivity index (χ1) is 9.09. The Morgan fingerprint density at radius 2 is 2.11 bits per heavy atom. The van der Waals surface area contributed by atoms with E-state index in [1.807, 2.05) is 38.1 Å². The fraction of sp³-hybridized carbons (Fsp3) is 0.286. The van der Waals surface area contributed by atoms with Gasteiger partial charge in [-0.3, -0.25) is 4.79 Å². The summed E-state index contributed by atoms with van der Waals surface area (Å²) in [4.78, 5) is 16.1. The van der Waals surface area contributed by atoms with E-state index in [1.54, 1.807) is 23.3 Å². The lowest BCUT2D eigenvalue weighted by molar-refractivity contribution is -0.124. The van der Waals surface area contributed by atoms with E-state index in [9.17, 15) is 4.79 Å². The molecule has 0 bridgehead atoms. The van der Waals surface area contributed by atoms with Gasteiger partial charge in [0.2, 0.25) is 5.91 Å². The highest BCUT2D eigenvalue weighted by Crippen LogP contribution is 2.22. The molecule has 1 aromatic carbocycles. The van der Waals surface area contributed by atoms with Crippen molar-refractivity contribution in [3.63, 3.8) is 0 Å². The van der Waals surface area contributed by atoms with Crippen molar-refractivity contribution in [2.24, 2.45) is 0 Å². The molecule has 0 fully saturated rings. The summed E-state index contributed by atoms with van der Waals surface area (Å²) in [5.74, 6) is -0.0644. The zero-order chi connectivity index (χ0) is 13.8. The fourth-order valence-electron chi connectivity index (χ4n) is 1.87. The van der Waals surface area contributed by atoms with Gasteiger partial charge in [0.05, 0.1) is 12.4 Å². The molecule has 5 heteroatoms. The third kappa shape index (κ3) is 3.15. The van der Waals surface area contributed by atoms with Crippen LogP contribution in [-0.2, 0) is 4.79 Å². The average molecular weight is 278 g/mol. The van der Waals surface area contributed by atoms with Gasteiger partial charge < -0.3 is 9.88 Å². The van der Waals surface area contributed by atoms with Gasteiger partial charge in [0.25, 0.3) is 0 Å². The second kappa shape index (κ2) is 5.89. The number of carbonyl (C=O) groups is 1. The van der Waals surface area contributed by atoms with Gasteiger partial charge in [0.1, 0.15) is 6.04 Å². The topological polar surface area (TPSA) is 46.9 Å². The third-order valence-corrected chi connectivity index (χ3v) is 3.43. The minimum atomic E-state index is -0.299. The average Bonchev–Trinajstić information content (AvgIpc) is 2.92. The predicted octanol–water partition coefficient (Wildman–Crippen LogP) is 2.97. The van der Waals surface area contributed by atoms with E-state index in [4.69, 9.17) is 11.6 Å². The van der Waals surface area contributed by atoms with Gasteiger partial charge >= 0.3 is 0 Å². The molecule has 0 saturated carbocycles. The van der Waals surface area contributed by atoms with Gasteiger partial charge in [0.15, 0.2) is 0 Å². The summed E-state index contributed by atoms with van der Waals surface area (Å²) < 4.78 is 1.76. The number of nitrogens with one attached hydrogen (secondary N) is 1. The van der Waals surface area contributed by atoms with E-state index < -0.39 is 0 Å². The molecule has 1 amide bonds. The first kappa shape index (κ1) is 13.6. The van der Waals surface area contributed by atoms with Crippen molar-refractivity contribution in [1.82, 2.24) is 14.9 Å². The highest BCUT2D eigenvalue weighted by Gasteiger charge is 2.18. The van der Waals surface area contributed by atoms with E-state index in [-0.39, 0.29) is 18.0 Å². The molecule has 19 heavy (non-hydrogen) atoms. The zero-order valence-electron chi connectivity index (χ0n) is 10.9. The Bertz CT molecular complexity index is 554. The zero-order valence-corrected chi connectivity index (χ0v) is 11.6.